The fourth-order valence-electron chi connectivity index (χ4n) is 1.91. The van der Waals surface area contributed by atoms with Gasteiger partial charge >= 0.3 is 0 Å². The lowest BCUT2D eigenvalue weighted by Crippen LogP contribution is -2.30. The Morgan fingerprint density at radius 1 is 1.24 bits per heavy atom. The first-order valence-corrected chi connectivity index (χ1v) is 7.01. The van der Waals surface area contributed by atoms with Gasteiger partial charge in [0.2, 0.25) is 5.91 Å². The molecule has 0 fully saturated rings. The van der Waals surface area contributed by atoms with Gasteiger partial charge in [-0.2, -0.15) is 0 Å². The van der Waals surface area contributed by atoms with Gasteiger partial charge in [-0.25, -0.2) is 0 Å². The van der Waals surface area contributed by atoms with E-state index in [-0.39, 0.29) is 24.2 Å². The van der Waals surface area contributed by atoms with Gasteiger partial charge in [0, 0.05) is 30.8 Å². The summed E-state index contributed by atoms with van der Waals surface area (Å²) in [7, 11) is 0. The summed E-state index contributed by atoms with van der Waals surface area (Å²) in [5.41, 5.74) is 6.60. The molecule has 3 N–H and O–H groups in total. The van der Waals surface area contributed by atoms with Gasteiger partial charge < -0.3 is 16.0 Å². The molecule has 1 rings (SSSR count). The minimum Gasteiger partial charge on any atom is -0.339 e. The molecule has 0 saturated carbocycles. The van der Waals surface area contributed by atoms with E-state index in [1.54, 1.807) is 29.2 Å². The molecule has 0 aliphatic heterocycles. The summed E-state index contributed by atoms with van der Waals surface area (Å²) < 4.78 is 0. The quantitative estimate of drug-likeness (QED) is 0.811. The van der Waals surface area contributed by atoms with Crippen molar-refractivity contribution in [2.75, 3.05) is 25.0 Å². The van der Waals surface area contributed by atoms with Crippen LogP contribution in [0.3, 0.4) is 0 Å². The molecule has 21 heavy (non-hydrogen) atoms. The summed E-state index contributed by atoms with van der Waals surface area (Å²) in [6, 6.07) is 7.02. The highest BCUT2D eigenvalue weighted by Gasteiger charge is 2.13. The predicted octanol–water partition coefficient (Wildman–Crippen LogP) is 2.27. The second-order valence-corrected chi connectivity index (χ2v) is 4.50. The molecule has 0 saturated heterocycles. The third kappa shape index (κ3) is 6.14. The van der Waals surface area contributed by atoms with Crippen LogP contribution in [0.2, 0.25) is 0 Å². The van der Waals surface area contributed by atoms with E-state index in [0.717, 1.165) is 0 Å². The van der Waals surface area contributed by atoms with Crippen molar-refractivity contribution in [3.8, 4) is 0 Å². The van der Waals surface area contributed by atoms with Crippen LogP contribution in [0.25, 0.3) is 0 Å². The number of anilines is 1. The summed E-state index contributed by atoms with van der Waals surface area (Å²) in [6.07, 6.45) is 1.05. The smallest absolute Gasteiger partial charge is 0.253 e. The van der Waals surface area contributed by atoms with Crippen molar-refractivity contribution in [1.82, 2.24) is 4.90 Å². The molecule has 0 radical (unpaired) electrons. The number of rotatable bonds is 7. The van der Waals surface area contributed by atoms with E-state index in [0.29, 0.717) is 43.7 Å². The highest BCUT2D eigenvalue weighted by molar-refractivity contribution is 5.97. The molecule has 0 atom stereocenters. The van der Waals surface area contributed by atoms with E-state index in [9.17, 15) is 9.59 Å². The fraction of sp³-hybridized carbons (Fsp3) is 0.467. The second-order valence-electron chi connectivity index (χ2n) is 4.50. The summed E-state index contributed by atoms with van der Waals surface area (Å²) in [5, 5.41) is 2.78. The number of halogens is 1. The standard InChI is InChI=1S/C15H23N3O2.ClH/c1-3-18(4-2)15(20)12-7-5-8-13(11-12)17-14(19)9-6-10-16;/h5,7-8,11H,3-4,6,9-10,16H2,1-2H3,(H,17,19);1H. The number of carbonyl (C=O) groups excluding carboxylic acids is 2. The number of nitrogens with zero attached hydrogens (tertiary/aromatic N) is 1. The predicted molar refractivity (Wildman–Crippen MR) is 87.9 cm³/mol. The van der Waals surface area contributed by atoms with Gasteiger partial charge in [0.25, 0.3) is 5.91 Å². The van der Waals surface area contributed by atoms with E-state index in [4.69, 9.17) is 5.73 Å². The monoisotopic (exact) mass is 313 g/mol. The first-order valence-electron chi connectivity index (χ1n) is 7.01. The second kappa shape index (κ2) is 10.2. The first-order chi connectivity index (χ1) is 9.62. The number of hydrogen-bond acceptors (Lipinski definition) is 3. The largest absolute Gasteiger partial charge is 0.339 e. The minimum absolute atomic E-state index is 0. The lowest BCUT2D eigenvalue weighted by Gasteiger charge is -2.19. The van der Waals surface area contributed by atoms with Crippen molar-refractivity contribution < 1.29 is 9.59 Å². The van der Waals surface area contributed by atoms with E-state index < -0.39 is 0 Å². The van der Waals surface area contributed by atoms with Crippen LogP contribution in [0.4, 0.5) is 5.69 Å². The molecule has 0 bridgehead atoms. The number of amides is 2. The van der Waals surface area contributed by atoms with Crippen molar-refractivity contribution in [2.24, 2.45) is 5.73 Å². The molecule has 0 aliphatic rings. The third-order valence-corrected chi connectivity index (χ3v) is 3.05. The molecule has 0 unspecified atom stereocenters. The lowest BCUT2D eigenvalue weighted by molar-refractivity contribution is -0.116. The topological polar surface area (TPSA) is 75.4 Å². The summed E-state index contributed by atoms with van der Waals surface area (Å²) >= 11 is 0. The van der Waals surface area contributed by atoms with E-state index in [2.05, 4.69) is 5.32 Å². The number of hydrogen-bond donors (Lipinski definition) is 2. The number of benzene rings is 1. The highest BCUT2D eigenvalue weighted by atomic mass is 35.5. The lowest BCUT2D eigenvalue weighted by atomic mass is 10.1. The van der Waals surface area contributed by atoms with E-state index in [1.165, 1.54) is 0 Å². The molecule has 6 heteroatoms. The molecular formula is C15H24ClN3O2. The van der Waals surface area contributed by atoms with Crippen LogP contribution >= 0.6 is 12.4 Å². The van der Waals surface area contributed by atoms with Crippen LogP contribution in [-0.4, -0.2) is 36.3 Å². The SMILES string of the molecule is CCN(CC)C(=O)c1cccc(NC(=O)CCCN)c1.Cl. The highest BCUT2D eigenvalue weighted by Crippen LogP contribution is 2.13. The fourth-order valence-corrected chi connectivity index (χ4v) is 1.91. The van der Waals surface area contributed by atoms with Gasteiger partial charge in [0.05, 0.1) is 0 Å². The Bertz CT molecular complexity index is 462. The van der Waals surface area contributed by atoms with Gasteiger partial charge in [0.15, 0.2) is 0 Å². The van der Waals surface area contributed by atoms with Gasteiger partial charge in [-0.1, -0.05) is 6.07 Å². The Kier molecular flexibility index (Phi) is 9.41. The van der Waals surface area contributed by atoms with E-state index in [1.807, 2.05) is 13.8 Å². The average Bonchev–Trinajstić information content (AvgIpc) is 2.46. The molecule has 0 spiro atoms. The Labute approximate surface area is 132 Å². The zero-order valence-corrected chi connectivity index (χ0v) is 13.4. The molecule has 0 heterocycles. The Hall–Kier alpha value is -1.59. The van der Waals surface area contributed by atoms with Crippen molar-refractivity contribution >= 4 is 29.9 Å². The Morgan fingerprint density at radius 2 is 1.90 bits per heavy atom. The van der Waals surface area contributed by atoms with Crippen molar-refractivity contribution in [3.05, 3.63) is 29.8 Å². The minimum atomic E-state index is -0.0807. The molecule has 118 valence electrons. The number of nitrogens with one attached hydrogen (secondary N) is 1. The van der Waals surface area contributed by atoms with Crippen LogP contribution in [0.1, 0.15) is 37.0 Å². The van der Waals surface area contributed by atoms with Crippen LogP contribution in [-0.2, 0) is 4.79 Å². The molecular weight excluding hydrogens is 290 g/mol. The maximum atomic E-state index is 12.2. The van der Waals surface area contributed by atoms with Crippen molar-refractivity contribution in [1.29, 1.82) is 0 Å². The Balaban J connectivity index is 0.00000400. The first kappa shape index (κ1) is 19.4. The van der Waals surface area contributed by atoms with Crippen molar-refractivity contribution in [3.63, 3.8) is 0 Å². The normalized spacial score (nSPS) is 9.67. The maximum Gasteiger partial charge on any atom is 0.253 e. The molecule has 0 aromatic heterocycles. The molecule has 2 amide bonds. The summed E-state index contributed by atoms with van der Waals surface area (Å²) in [5.74, 6) is -0.101. The zero-order valence-electron chi connectivity index (χ0n) is 12.6. The molecule has 1 aromatic rings. The maximum absolute atomic E-state index is 12.2. The number of nitrogens with two attached hydrogens (primary N) is 1. The summed E-state index contributed by atoms with van der Waals surface area (Å²) in [4.78, 5) is 25.6. The van der Waals surface area contributed by atoms with E-state index >= 15 is 0 Å². The van der Waals surface area contributed by atoms with Crippen LogP contribution in [0, 0.1) is 0 Å². The van der Waals surface area contributed by atoms with Gasteiger partial charge in [-0.15, -0.1) is 12.4 Å². The molecule has 0 aliphatic carbocycles. The number of carbonyl (C=O) groups is 2. The van der Waals surface area contributed by atoms with Crippen LogP contribution in [0.15, 0.2) is 24.3 Å². The van der Waals surface area contributed by atoms with Gasteiger partial charge in [0.1, 0.15) is 0 Å². The molecule has 5 nitrogen and oxygen atoms in total. The third-order valence-electron chi connectivity index (χ3n) is 3.05. The average molecular weight is 314 g/mol. The van der Waals surface area contributed by atoms with Crippen LogP contribution < -0.4 is 11.1 Å². The molecule has 1 aromatic carbocycles. The van der Waals surface area contributed by atoms with Crippen molar-refractivity contribution in [2.45, 2.75) is 26.7 Å². The van der Waals surface area contributed by atoms with Gasteiger partial charge in [-0.05, 0) is 45.0 Å². The summed E-state index contributed by atoms with van der Waals surface area (Å²) in [6.45, 7) is 5.72. The zero-order chi connectivity index (χ0) is 15.0. The van der Waals surface area contributed by atoms with Gasteiger partial charge in [-0.3, -0.25) is 9.59 Å². The Morgan fingerprint density at radius 3 is 2.48 bits per heavy atom. The van der Waals surface area contributed by atoms with Crippen LogP contribution in [0.5, 0.6) is 0 Å².